The van der Waals surface area contributed by atoms with Crippen molar-refractivity contribution < 1.29 is 4.39 Å². The third-order valence-electron chi connectivity index (χ3n) is 3.72. The minimum atomic E-state index is -0.156. The zero-order valence-electron chi connectivity index (χ0n) is 8.65. The molecular formula is C12H15FN2. The fourth-order valence-electron chi connectivity index (χ4n) is 2.50. The average Bonchev–Trinajstić information content (AvgIpc) is 2.37. The molecule has 1 saturated carbocycles. The van der Waals surface area contributed by atoms with E-state index in [1.807, 2.05) is 6.07 Å². The van der Waals surface area contributed by atoms with Gasteiger partial charge in [0.05, 0.1) is 11.4 Å². The Hall–Kier alpha value is -1.25. The second-order valence-electron chi connectivity index (χ2n) is 4.72. The Morgan fingerprint density at radius 1 is 1.13 bits per heavy atom. The Balaban J connectivity index is 1.91. The first-order valence-electron chi connectivity index (χ1n) is 5.55. The number of hydrogen-bond donors (Lipinski definition) is 2. The lowest BCUT2D eigenvalue weighted by Crippen LogP contribution is -2.40. The van der Waals surface area contributed by atoms with Crippen molar-refractivity contribution in [2.24, 2.45) is 5.41 Å². The van der Waals surface area contributed by atoms with Gasteiger partial charge in [-0.2, -0.15) is 0 Å². The zero-order chi connectivity index (χ0) is 10.3. The minimum Gasteiger partial charge on any atom is -0.383 e. The van der Waals surface area contributed by atoms with Gasteiger partial charge >= 0.3 is 0 Å². The van der Waals surface area contributed by atoms with E-state index in [2.05, 4.69) is 10.6 Å². The largest absolute Gasteiger partial charge is 0.383 e. The first-order chi connectivity index (χ1) is 7.29. The molecule has 0 bridgehead atoms. The molecule has 3 rings (SSSR count). The second-order valence-corrected chi connectivity index (χ2v) is 4.72. The summed E-state index contributed by atoms with van der Waals surface area (Å²) in [4.78, 5) is 0. The third kappa shape index (κ3) is 1.37. The first kappa shape index (κ1) is 9.01. The van der Waals surface area contributed by atoms with Gasteiger partial charge in [-0.15, -0.1) is 0 Å². The molecule has 3 heteroatoms. The summed E-state index contributed by atoms with van der Waals surface area (Å²) in [7, 11) is 0. The monoisotopic (exact) mass is 206 g/mol. The number of nitrogens with one attached hydrogen (secondary N) is 2. The fraction of sp³-hybridized carbons (Fsp3) is 0.500. The Labute approximate surface area is 88.9 Å². The van der Waals surface area contributed by atoms with Crippen LogP contribution in [-0.4, -0.2) is 13.1 Å². The predicted octanol–water partition coefficient (Wildman–Crippen LogP) is 2.83. The zero-order valence-corrected chi connectivity index (χ0v) is 8.65. The van der Waals surface area contributed by atoms with Gasteiger partial charge in [0.2, 0.25) is 0 Å². The molecule has 15 heavy (non-hydrogen) atoms. The maximum atomic E-state index is 13.5. The van der Waals surface area contributed by atoms with E-state index in [9.17, 15) is 4.39 Å². The number of para-hydroxylation sites is 1. The maximum Gasteiger partial charge on any atom is 0.148 e. The smallest absolute Gasteiger partial charge is 0.148 e. The van der Waals surface area contributed by atoms with Crippen LogP contribution in [-0.2, 0) is 0 Å². The normalized spacial score (nSPS) is 21.9. The van der Waals surface area contributed by atoms with E-state index >= 15 is 0 Å². The van der Waals surface area contributed by atoms with Crippen molar-refractivity contribution in [3.63, 3.8) is 0 Å². The van der Waals surface area contributed by atoms with Crippen molar-refractivity contribution in [2.45, 2.75) is 19.3 Å². The van der Waals surface area contributed by atoms with Crippen LogP contribution in [0.5, 0.6) is 0 Å². The van der Waals surface area contributed by atoms with Crippen molar-refractivity contribution in [1.82, 2.24) is 0 Å². The molecule has 1 fully saturated rings. The number of hydrogen-bond acceptors (Lipinski definition) is 2. The van der Waals surface area contributed by atoms with Crippen molar-refractivity contribution in [3.05, 3.63) is 24.0 Å². The van der Waals surface area contributed by atoms with E-state index in [0.29, 0.717) is 11.1 Å². The topological polar surface area (TPSA) is 24.1 Å². The van der Waals surface area contributed by atoms with Gasteiger partial charge in [-0.05, 0) is 25.0 Å². The van der Waals surface area contributed by atoms with Crippen LogP contribution < -0.4 is 10.6 Å². The molecule has 0 amide bonds. The maximum absolute atomic E-state index is 13.5. The average molecular weight is 206 g/mol. The highest BCUT2D eigenvalue weighted by atomic mass is 19.1. The SMILES string of the molecule is Fc1cccc2c1NCC1(CCC1)CN2. The van der Waals surface area contributed by atoms with Crippen LogP contribution in [0.2, 0.25) is 0 Å². The first-order valence-corrected chi connectivity index (χ1v) is 5.55. The van der Waals surface area contributed by atoms with Gasteiger partial charge in [0.15, 0.2) is 0 Å². The van der Waals surface area contributed by atoms with E-state index in [0.717, 1.165) is 18.8 Å². The molecule has 1 aliphatic heterocycles. The summed E-state index contributed by atoms with van der Waals surface area (Å²) in [6.07, 6.45) is 3.81. The fourth-order valence-corrected chi connectivity index (χ4v) is 2.50. The van der Waals surface area contributed by atoms with Crippen LogP contribution in [0.3, 0.4) is 0 Å². The molecule has 2 aliphatic rings. The quantitative estimate of drug-likeness (QED) is 0.682. The van der Waals surface area contributed by atoms with Gasteiger partial charge in [0.1, 0.15) is 5.82 Å². The molecule has 0 radical (unpaired) electrons. The van der Waals surface area contributed by atoms with Crippen LogP contribution in [0.15, 0.2) is 18.2 Å². The molecule has 1 aliphatic carbocycles. The highest BCUT2D eigenvalue weighted by molar-refractivity contribution is 5.70. The molecule has 1 spiro atoms. The van der Waals surface area contributed by atoms with Gasteiger partial charge in [-0.3, -0.25) is 0 Å². The minimum absolute atomic E-state index is 0.156. The van der Waals surface area contributed by atoms with E-state index in [1.54, 1.807) is 6.07 Å². The Morgan fingerprint density at radius 3 is 2.67 bits per heavy atom. The Kier molecular flexibility index (Phi) is 1.87. The lowest BCUT2D eigenvalue weighted by Gasteiger charge is -2.41. The molecule has 1 aromatic carbocycles. The number of fused-ring (bicyclic) bond motifs is 1. The molecule has 80 valence electrons. The van der Waals surface area contributed by atoms with Crippen LogP contribution in [0.4, 0.5) is 15.8 Å². The van der Waals surface area contributed by atoms with Crippen molar-refractivity contribution in [2.75, 3.05) is 23.7 Å². The third-order valence-corrected chi connectivity index (χ3v) is 3.72. The summed E-state index contributed by atoms with van der Waals surface area (Å²) in [5, 5.41) is 6.60. The van der Waals surface area contributed by atoms with E-state index in [1.165, 1.54) is 25.3 Å². The molecular weight excluding hydrogens is 191 g/mol. The molecule has 2 N–H and O–H groups in total. The van der Waals surface area contributed by atoms with Gasteiger partial charge in [0, 0.05) is 18.5 Å². The van der Waals surface area contributed by atoms with Gasteiger partial charge in [0.25, 0.3) is 0 Å². The molecule has 0 saturated heterocycles. The molecule has 1 aromatic rings. The number of anilines is 2. The molecule has 0 atom stereocenters. The Morgan fingerprint density at radius 2 is 1.93 bits per heavy atom. The molecule has 0 aromatic heterocycles. The van der Waals surface area contributed by atoms with Crippen LogP contribution in [0, 0.1) is 11.2 Å². The van der Waals surface area contributed by atoms with E-state index in [4.69, 9.17) is 0 Å². The lowest BCUT2D eigenvalue weighted by molar-refractivity contribution is 0.171. The predicted molar refractivity (Wildman–Crippen MR) is 59.7 cm³/mol. The van der Waals surface area contributed by atoms with Crippen LogP contribution in [0.25, 0.3) is 0 Å². The van der Waals surface area contributed by atoms with Gasteiger partial charge in [-0.25, -0.2) is 4.39 Å². The molecule has 2 nitrogen and oxygen atoms in total. The summed E-state index contributed by atoms with van der Waals surface area (Å²) in [6.45, 7) is 1.87. The van der Waals surface area contributed by atoms with Crippen molar-refractivity contribution in [3.8, 4) is 0 Å². The highest BCUT2D eigenvalue weighted by Crippen LogP contribution is 2.43. The summed E-state index contributed by atoms with van der Waals surface area (Å²) in [5.74, 6) is -0.156. The molecule has 1 heterocycles. The molecule has 0 unspecified atom stereocenters. The summed E-state index contributed by atoms with van der Waals surface area (Å²) >= 11 is 0. The van der Waals surface area contributed by atoms with Crippen LogP contribution in [0.1, 0.15) is 19.3 Å². The highest BCUT2D eigenvalue weighted by Gasteiger charge is 2.38. The number of benzene rings is 1. The number of rotatable bonds is 0. The van der Waals surface area contributed by atoms with Gasteiger partial charge < -0.3 is 10.6 Å². The number of halogens is 1. The van der Waals surface area contributed by atoms with Crippen molar-refractivity contribution >= 4 is 11.4 Å². The summed E-state index contributed by atoms with van der Waals surface area (Å²) < 4.78 is 13.5. The van der Waals surface area contributed by atoms with E-state index in [-0.39, 0.29) is 5.82 Å². The Bertz CT molecular complexity index is 385. The summed E-state index contributed by atoms with van der Waals surface area (Å²) in [5.41, 5.74) is 1.91. The second kappa shape index (κ2) is 3.12. The van der Waals surface area contributed by atoms with Gasteiger partial charge in [-0.1, -0.05) is 12.5 Å². The van der Waals surface area contributed by atoms with E-state index < -0.39 is 0 Å². The van der Waals surface area contributed by atoms with Crippen molar-refractivity contribution in [1.29, 1.82) is 0 Å². The standard InChI is InChI=1S/C12H15FN2/c13-9-3-1-4-10-11(9)15-8-12(7-14-10)5-2-6-12/h1,3-4,14-15H,2,5-8H2. The lowest BCUT2D eigenvalue weighted by atomic mass is 9.69. The summed E-state index contributed by atoms with van der Waals surface area (Å²) in [6, 6.07) is 5.19. The van der Waals surface area contributed by atoms with Crippen LogP contribution >= 0.6 is 0 Å².